The molecule has 7 heteroatoms. The molecule has 1 aliphatic heterocycles. The van der Waals surface area contributed by atoms with Crippen molar-refractivity contribution in [2.45, 2.75) is 6.92 Å². The van der Waals surface area contributed by atoms with E-state index in [0.29, 0.717) is 5.82 Å². The van der Waals surface area contributed by atoms with Gasteiger partial charge >= 0.3 is 0 Å². The van der Waals surface area contributed by atoms with Gasteiger partial charge in [-0.3, -0.25) is 4.79 Å². The van der Waals surface area contributed by atoms with Crippen molar-refractivity contribution in [3.8, 4) is 0 Å². The second-order valence-corrected chi connectivity index (χ2v) is 7.00. The molecule has 6 nitrogen and oxygen atoms in total. The summed E-state index contributed by atoms with van der Waals surface area (Å²) < 4.78 is 0. The summed E-state index contributed by atoms with van der Waals surface area (Å²) in [5.41, 5.74) is 0.860. The molecular weight excluding hydrogens is 298 g/mol. The summed E-state index contributed by atoms with van der Waals surface area (Å²) in [6, 6.07) is 0. The topological polar surface area (TPSA) is 52.6 Å². The number of carbonyl (C=O) groups excluding carboxylic acids is 1. The lowest BCUT2D eigenvalue weighted by Gasteiger charge is -2.32. The van der Waals surface area contributed by atoms with E-state index >= 15 is 0 Å². The first-order valence-corrected chi connectivity index (χ1v) is 8.26. The van der Waals surface area contributed by atoms with Gasteiger partial charge in [0.15, 0.2) is 0 Å². The molecule has 0 unspecified atom stereocenters. The van der Waals surface area contributed by atoms with Gasteiger partial charge < -0.3 is 14.7 Å². The van der Waals surface area contributed by atoms with Gasteiger partial charge in [-0.1, -0.05) is 0 Å². The average Bonchev–Trinajstić information content (AvgIpc) is 2.88. The van der Waals surface area contributed by atoms with Gasteiger partial charge in [-0.05, 0) is 14.0 Å². The van der Waals surface area contributed by atoms with E-state index < -0.39 is 0 Å². The Labute approximate surface area is 134 Å². The molecule has 2 aromatic heterocycles. The molecule has 1 fully saturated rings. The number of hydrogen-bond acceptors (Lipinski definition) is 6. The van der Waals surface area contributed by atoms with Crippen LogP contribution in [0.3, 0.4) is 0 Å². The molecule has 1 amide bonds. The predicted molar refractivity (Wildman–Crippen MR) is 89.9 cm³/mol. The number of aryl methyl sites for hydroxylation is 1. The zero-order valence-electron chi connectivity index (χ0n) is 13.5. The highest BCUT2D eigenvalue weighted by Crippen LogP contribution is 2.30. The Morgan fingerprint density at radius 2 is 1.91 bits per heavy atom. The zero-order valence-corrected chi connectivity index (χ0v) is 14.3. The molecule has 0 bridgehead atoms. The Hall–Kier alpha value is -1.73. The molecule has 0 aliphatic carbocycles. The van der Waals surface area contributed by atoms with E-state index in [4.69, 9.17) is 0 Å². The smallest absolute Gasteiger partial charge is 0.291 e. The number of rotatable bonds is 2. The van der Waals surface area contributed by atoms with E-state index in [9.17, 15) is 4.79 Å². The lowest BCUT2D eigenvalue weighted by atomic mass is 10.2. The van der Waals surface area contributed by atoms with Crippen LogP contribution < -0.4 is 4.90 Å². The van der Waals surface area contributed by atoms with Crippen molar-refractivity contribution in [1.82, 2.24) is 19.8 Å². The monoisotopic (exact) mass is 319 g/mol. The molecule has 3 rings (SSSR count). The molecule has 0 aromatic carbocycles. The normalized spacial score (nSPS) is 16.3. The van der Waals surface area contributed by atoms with Crippen LogP contribution in [0, 0.1) is 6.92 Å². The van der Waals surface area contributed by atoms with Gasteiger partial charge in [-0.25, -0.2) is 9.97 Å². The Bertz CT molecular complexity index is 703. The molecule has 1 aliphatic rings. The lowest BCUT2D eigenvalue weighted by molar-refractivity contribution is 0.0652. The van der Waals surface area contributed by atoms with E-state index in [1.54, 1.807) is 11.3 Å². The number of aromatic nitrogens is 2. The highest BCUT2D eigenvalue weighted by Gasteiger charge is 2.24. The number of nitrogens with zero attached hydrogens (tertiary/aromatic N) is 5. The standard InChI is InChI=1S/C15H21N5OS/c1-10-12-11(9-22-10)16-13(17-14(12)18(2)3)15(21)20-7-5-19(4)6-8-20/h9H,5-8H2,1-4H3. The predicted octanol–water partition coefficient (Wildman–Crippen LogP) is 1.45. The van der Waals surface area contributed by atoms with Crippen molar-refractivity contribution in [2.24, 2.45) is 0 Å². The van der Waals surface area contributed by atoms with Crippen LogP contribution in [0.2, 0.25) is 0 Å². The number of piperazine rings is 1. The first-order chi connectivity index (χ1) is 10.5. The van der Waals surface area contributed by atoms with Crippen LogP contribution in [0.5, 0.6) is 0 Å². The van der Waals surface area contributed by atoms with Gasteiger partial charge in [0.05, 0.1) is 10.9 Å². The number of amides is 1. The van der Waals surface area contributed by atoms with Crippen molar-refractivity contribution < 1.29 is 4.79 Å². The third-order valence-electron chi connectivity index (χ3n) is 4.02. The molecule has 118 valence electrons. The van der Waals surface area contributed by atoms with Crippen LogP contribution in [-0.2, 0) is 0 Å². The number of anilines is 1. The van der Waals surface area contributed by atoms with Gasteiger partial charge in [0.1, 0.15) is 5.82 Å². The SMILES string of the molecule is Cc1scc2nc(C(=O)N3CCN(C)CC3)nc(N(C)C)c12. The number of carbonyl (C=O) groups is 1. The molecule has 0 atom stereocenters. The van der Waals surface area contributed by atoms with Crippen LogP contribution in [0.15, 0.2) is 5.38 Å². The molecule has 1 saturated heterocycles. The Balaban J connectivity index is 1.98. The first-order valence-electron chi connectivity index (χ1n) is 7.38. The van der Waals surface area contributed by atoms with Crippen LogP contribution in [0.1, 0.15) is 15.5 Å². The maximum atomic E-state index is 12.7. The van der Waals surface area contributed by atoms with Gasteiger partial charge in [-0.2, -0.15) is 0 Å². The second kappa shape index (κ2) is 5.81. The fourth-order valence-corrected chi connectivity index (χ4v) is 3.43. The molecule has 0 spiro atoms. The van der Waals surface area contributed by atoms with Gasteiger partial charge in [-0.15, -0.1) is 11.3 Å². The van der Waals surface area contributed by atoms with Crippen LogP contribution in [0.4, 0.5) is 5.82 Å². The highest BCUT2D eigenvalue weighted by atomic mass is 32.1. The minimum Gasteiger partial charge on any atom is -0.362 e. The number of likely N-dealkylation sites (N-methyl/N-ethyl adjacent to an activating group) is 1. The van der Waals surface area contributed by atoms with Crippen LogP contribution in [-0.4, -0.2) is 73.0 Å². The quantitative estimate of drug-likeness (QED) is 0.839. The van der Waals surface area contributed by atoms with E-state index in [0.717, 1.165) is 42.9 Å². The van der Waals surface area contributed by atoms with E-state index in [1.165, 1.54) is 4.88 Å². The number of fused-ring (bicyclic) bond motifs is 1. The van der Waals surface area contributed by atoms with Crippen molar-refractivity contribution in [2.75, 3.05) is 52.2 Å². The first kappa shape index (κ1) is 15.2. The number of hydrogen-bond donors (Lipinski definition) is 0. The van der Waals surface area contributed by atoms with Crippen molar-refractivity contribution in [3.63, 3.8) is 0 Å². The Kier molecular flexibility index (Phi) is 4.01. The summed E-state index contributed by atoms with van der Waals surface area (Å²) in [6.07, 6.45) is 0. The molecule has 0 N–H and O–H groups in total. The molecule has 2 aromatic rings. The number of thiophene rings is 1. The maximum absolute atomic E-state index is 12.7. The van der Waals surface area contributed by atoms with Crippen molar-refractivity contribution >= 4 is 34.0 Å². The zero-order chi connectivity index (χ0) is 15.9. The second-order valence-electron chi connectivity index (χ2n) is 5.91. The van der Waals surface area contributed by atoms with Crippen molar-refractivity contribution in [1.29, 1.82) is 0 Å². The van der Waals surface area contributed by atoms with Gasteiger partial charge in [0.2, 0.25) is 5.82 Å². The van der Waals surface area contributed by atoms with Crippen molar-refractivity contribution in [3.05, 3.63) is 16.1 Å². The van der Waals surface area contributed by atoms with Gasteiger partial charge in [0, 0.05) is 50.5 Å². The Morgan fingerprint density at radius 1 is 1.23 bits per heavy atom. The summed E-state index contributed by atoms with van der Waals surface area (Å²) >= 11 is 1.64. The van der Waals surface area contributed by atoms with E-state index in [2.05, 4.69) is 28.8 Å². The molecule has 22 heavy (non-hydrogen) atoms. The fourth-order valence-electron chi connectivity index (χ4n) is 2.66. The maximum Gasteiger partial charge on any atom is 0.291 e. The molecule has 0 radical (unpaired) electrons. The summed E-state index contributed by atoms with van der Waals surface area (Å²) in [6.45, 7) is 5.32. The molecule has 3 heterocycles. The summed E-state index contributed by atoms with van der Waals surface area (Å²) in [7, 11) is 5.97. The summed E-state index contributed by atoms with van der Waals surface area (Å²) in [4.78, 5) is 28.9. The van der Waals surface area contributed by atoms with E-state index in [1.807, 2.05) is 29.3 Å². The largest absolute Gasteiger partial charge is 0.362 e. The lowest BCUT2D eigenvalue weighted by Crippen LogP contribution is -2.47. The third-order valence-corrected chi connectivity index (χ3v) is 4.92. The molecular formula is C15H21N5OS. The van der Waals surface area contributed by atoms with Crippen LogP contribution >= 0.6 is 11.3 Å². The Morgan fingerprint density at radius 3 is 2.55 bits per heavy atom. The van der Waals surface area contributed by atoms with Crippen LogP contribution in [0.25, 0.3) is 10.9 Å². The highest BCUT2D eigenvalue weighted by molar-refractivity contribution is 7.11. The van der Waals surface area contributed by atoms with Gasteiger partial charge in [0.25, 0.3) is 5.91 Å². The summed E-state index contributed by atoms with van der Waals surface area (Å²) in [5, 5.41) is 3.05. The fraction of sp³-hybridized carbons (Fsp3) is 0.533. The van der Waals surface area contributed by atoms with E-state index in [-0.39, 0.29) is 5.91 Å². The third kappa shape index (κ3) is 2.66. The minimum absolute atomic E-state index is 0.0676. The molecule has 0 saturated carbocycles. The minimum atomic E-state index is -0.0676. The average molecular weight is 319 g/mol. The summed E-state index contributed by atoms with van der Waals surface area (Å²) in [5.74, 6) is 1.06.